The van der Waals surface area contributed by atoms with Crippen LogP contribution >= 0.6 is 35.0 Å². The number of hydrogen-bond donors (Lipinski definition) is 1. The topological polar surface area (TPSA) is 33.1 Å². The lowest BCUT2D eigenvalue weighted by molar-refractivity contribution is 0.481. The van der Waals surface area contributed by atoms with E-state index in [2.05, 4.69) is 4.98 Å². The Balaban J connectivity index is 2.09. The van der Waals surface area contributed by atoms with Gasteiger partial charge >= 0.3 is 0 Å². The first-order valence-corrected chi connectivity index (χ1v) is 7.42. The van der Waals surface area contributed by atoms with Crippen LogP contribution in [0.15, 0.2) is 58.6 Å². The van der Waals surface area contributed by atoms with Crippen LogP contribution in [0.4, 0.5) is 0 Å². The third-order valence-corrected chi connectivity index (χ3v) is 4.54. The molecule has 3 aromatic rings. The normalized spacial score (nSPS) is 10.9. The summed E-state index contributed by atoms with van der Waals surface area (Å²) in [5.74, 6) is 0.264. The summed E-state index contributed by atoms with van der Waals surface area (Å²) in [5.41, 5.74) is 0. The number of halogens is 2. The average Bonchev–Trinajstić information content (AvgIpc) is 2.45. The number of nitrogens with zero attached hydrogens (tertiary/aromatic N) is 1. The maximum atomic E-state index is 9.88. The lowest BCUT2D eigenvalue weighted by atomic mass is 10.1. The van der Waals surface area contributed by atoms with Gasteiger partial charge in [-0.25, -0.2) is 4.98 Å². The second-order valence-electron chi connectivity index (χ2n) is 4.17. The molecule has 3 rings (SSSR count). The van der Waals surface area contributed by atoms with Crippen molar-refractivity contribution in [1.29, 1.82) is 0 Å². The minimum absolute atomic E-state index is 0.264. The van der Waals surface area contributed by atoms with Gasteiger partial charge in [0.15, 0.2) is 0 Å². The van der Waals surface area contributed by atoms with Crippen molar-refractivity contribution >= 4 is 45.7 Å². The average molecular weight is 322 g/mol. The predicted molar refractivity (Wildman–Crippen MR) is 84.0 cm³/mol. The van der Waals surface area contributed by atoms with Gasteiger partial charge in [-0.15, -0.1) is 0 Å². The Morgan fingerprint density at radius 2 is 1.75 bits per heavy atom. The monoisotopic (exact) mass is 321 g/mol. The molecule has 100 valence electrons. The van der Waals surface area contributed by atoms with Crippen molar-refractivity contribution in [1.82, 2.24) is 4.98 Å². The molecule has 0 aliphatic heterocycles. The minimum Gasteiger partial charge on any atom is -0.507 e. The van der Waals surface area contributed by atoms with Crippen LogP contribution in [0.25, 0.3) is 10.8 Å². The van der Waals surface area contributed by atoms with Crippen LogP contribution in [0, 0.1) is 0 Å². The number of benzene rings is 2. The molecule has 0 atom stereocenters. The molecule has 1 N–H and O–H groups in total. The van der Waals surface area contributed by atoms with Gasteiger partial charge < -0.3 is 5.11 Å². The Morgan fingerprint density at radius 3 is 2.50 bits per heavy atom. The summed E-state index contributed by atoms with van der Waals surface area (Å²) in [6.07, 6.45) is 1.57. The van der Waals surface area contributed by atoms with Crippen molar-refractivity contribution in [3.63, 3.8) is 0 Å². The van der Waals surface area contributed by atoms with E-state index in [0.717, 1.165) is 15.7 Å². The van der Waals surface area contributed by atoms with Crippen molar-refractivity contribution in [2.75, 3.05) is 0 Å². The van der Waals surface area contributed by atoms with E-state index in [1.165, 1.54) is 11.8 Å². The van der Waals surface area contributed by atoms with E-state index in [1.807, 2.05) is 30.3 Å². The minimum atomic E-state index is 0.264. The van der Waals surface area contributed by atoms with Crippen molar-refractivity contribution in [2.45, 2.75) is 9.92 Å². The van der Waals surface area contributed by atoms with Gasteiger partial charge in [0.05, 0.1) is 10.0 Å². The first kappa shape index (κ1) is 13.6. The molecule has 0 spiro atoms. The molecule has 0 saturated carbocycles. The Morgan fingerprint density at radius 1 is 1.00 bits per heavy atom. The predicted octanol–water partition coefficient (Wildman–Crippen LogP) is 5.40. The van der Waals surface area contributed by atoms with Crippen LogP contribution in [-0.4, -0.2) is 10.1 Å². The molecular weight excluding hydrogens is 313 g/mol. The van der Waals surface area contributed by atoms with E-state index >= 15 is 0 Å². The number of fused-ring (bicyclic) bond motifs is 1. The highest BCUT2D eigenvalue weighted by atomic mass is 35.5. The van der Waals surface area contributed by atoms with E-state index in [4.69, 9.17) is 23.2 Å². The Kier molecular flexibility index (Phi) is 3.74. The molecule has 20 heavy (non-hydrogen) atoms. The van der Waals surface area contributed by atoms with Gasteiger partial charge in [0, 0.05) is 16.5 Å². The van der Waals surface area contributed by atoms with E-state index in [9.17, 15) is 5.11 Å². The maximum absolute atomic E-state index is 9.88. The third-order valence-electron chi connectivity index (χ3n) is 2.84. The molecule has 0 aliphatic carbocycles. The van der Waals surface area contributed by atoms with Crippen molar-refractivity contribution < 1.29 is 5.11 Å². The number of aromatic nitrogens is 1. The van der Waals surface area contributed by atoms with Crippen molar-refractivity contribution in [2.24, 2.45) is 0 Å². The number of phenolic OH excluding ortho intramolecular Hbond substituents is 1. The van der Waals surface area contributed by atoms with Gasteiger partial charge in [-0.1, -0.05) is 59.2 Å². The zero-order chi connectivity index (χ0) is 14.1. The summed E-state index contributed by atoms with van der Waals surface area (Å²) in [6, 6.07) is 12.9. The standard InChI is InChI=1S/C15H9Cl2NOS/c16-9-7-12(17)15(18-8-9)20-14-6-5-13(19)10-3-1-2-4-11(10)14/h1-8,19H. The molecule has 5 heteroatoms. The largest absolute Gasteiger partial charge is 0.507 e. The first-order valence-electron chi connectivity index (χ1n) is 5.85. The molecule has 0 saturated heterocycles. The molecule has 1 heterocycles. The highest BCUT2D eigenvalue weighted by molar-refractivity contribution is 7.99. The lowest BCUT2D eigenvalue weighted by Gasteiger charge is -2.08. The summed E-state index contributed by atoms with van der Waals surface area (Å²) in [4.78, 5) is 5.22. The number of rotatable bonds is 2. The molecule has 2 aromatic carbocycles. The van der Waals surface area contributed by atoms with Crippen LogP contribution < -0.4 is 0 Å². The number of hydrogen-bond acceptors (Lipinski definition) is 3. The van der Waals surface area contributed by atoms with Crippen LogP contribution in [0.2, 0.25) is 10.0 Å². The van der Waals surface area contributed by atoms with Crippen LogP contribution in [0.3, 0.4) is 0 Å². The zero-order valence-corrected chi connectivity index (χ0v) is 12.5. The summed E-state index contributed by atoms with van der Waals surface area (Å²) < 4.78 is 0. The highest BCUT2D eigenvalue weighted by Crippen LogP contribution is 2.38. The fraction of sp³-hybridized carbons (Fsp3) is 0. The van der Waals surface area contributed by atoms with Crippen LogP contribution in [-0.2, 0) is 0 Å². The number of pyridine rings is 1. The second-order valence-corrected chi connectivity index (χ2v) is 6.05. The summed E-state index contributed by atoms with van der Waals surface area (Å²) in [7, 11) is 0. The molecule has 0 bridgehead atoms. The summed E-state index contributed by atoms with van der Waals surface area (Å²) in [6.45, 7) is 0. The van der Waals surface area contributed by atoms with Crippen molar-refractivity contribution in [3.05, 3.63) is 58.7 Å². The van der Waals surface area contributed by atoms with Gasteiger partial charge in [0.2, 0.25) is 0 Å². The van der Waals surface area contributed by atoms with E-state index < -0.39 is 0 Å². The molecule has 0 aliphatic rings. The quantitative estimate of drug-likeness (QED) is 0.686. The molecule has 0 amide bonds. The van der Waals surface area contributed by atoms with Gasteiger partial charge in [0.1, 0.15) is 10.8 Å². The first-order chi connectivity index (χ1) is 9.65. The fourth-order valence-electron chi connectivity index (χ4n) is 1.93. The van der Waals surface area contributed by atoms with Gasteiger partial charge in [-0.05, 0) is 23.6 Å². The second kappa shape index (κ2) is 5.52. The SMILES string of the molecule is Oc1ccc(Sc2ncc(Cl)cc2Cl)c2ccccc12. The van der Waals surface area contributed by atoms with Gasteiger partial charge in [0.25, 0.3) is 0 Å². The molecule has 1 aromatic heterocycles. The zero-order valence-electron chi connectivity index (χ0n) is 10.2. The molecular formula is C15H9Cl2NOS. The lowest BCUT2D eigenvalue weighted by Crippen LogP contribution is -1.84. The van der Waals surface area contributed by atoms with Crippen molar-refractivity contribution in [3.8, 4) is 5.75 Å². The van der Waals surface area contributed by atoms with Crippen LogP contribution in [0.5, 0.6) is 5.75 Å². The van der Waals surface area contributed by atoms with E-state index in [0.29, 0.717) is 15.1 Å². The van der Waals surface area contributed by atoms with E-state index in [1.54, 1.807) is 18.3 Å². The molecule has 0 fully saturated rings. The Hall–Kier alpha value is -1.42. The maximum Gasteiger partial charge on any atom is 0.123 e. The molecule has 2 nitrogen and oxygen atoms in total. The Bertz CT molecular complexity index is 792. The summed E-state index contributed by atoms with van der Waals surface area (Å²) in [5, 5.41) is 13.4. The molecule has 0 unspecified atom stereocenters. The summed E-state index contributed by atoms with van der Waals surface area (Å²) >= 11 is 13.4. The van der Waals surface area contributed by atoms with Gasteiger partial charge in [-0.2, -0.15) is 0 Å². The number of aromatic hydroxyl groups is 1. The fourth-order valence-corrected chi connectivity index (χ4v) is 3.32. The molecule has 0 radical (unpaired) electrons. The Labute approximate surface area is 130 Å². The van der Waals surface area contributed by atoms with Crippen LogP contribution in [0.1, 0.15) is 0 Å². The highest BCUT2D eigenvalue weighted by Gasteiger charge is 2.10. The van der Waals surface area contributed by atoms with E-state index in [-0.39, 0.29) is 5.75 Å². The van der Waals surface area contributed by atoms with Gasteiger partial charge in [-0.3, -0.25) is 0 Å². The third kappa shape index (κ3) is 2.57. The number of phenols is 1. The smallest absolute Gasteiger partial charge is 0.123 e.